The van der Waals surface area contributed by atoms with Gasteiger partial charge in [0.15, 0.2) is 0 Å². The third-order valence-corrected chi connectivity index (χ3v) is 6.72. The maximum atomic E-state index is 5.92. The van der Waals surface area contributed by atoms with Gasteiger partial charge in [-0.2, -0.15) is 0 Å². The molecule has 2 heteroatoms. The summed E-state index contributed by atoms with van der Waals surface area (Å²) in [7, 11) is 0. The third-order valence-electron chi connectivity index (χ3n) is 6.72. The number of nitrogens with two attached hydrogens (primary N) is 2. The fraction of sp³-hybridized carbons (Fsp3) is 0.379. The fourth-order valence-corrected chi connectivity index (χ4v) is 4.70. The molecule has 0 saturated carbocycles. The van der Waals surface area contributed by atoms with Crippen LogP contribution in [0.2, 0.25) is 0 Å². The number of unbranched alkanes of at least 4 members (excludes halogenated alkanes) is 3. The van der Waals surface area contributed by atoms with Gasteiger partial charge in [0.1, 0.15) is 0 Å². The van der Waals surface area contributed by atoms with Crippen LogP contribution in [0, 0.1) is 20.8 Å². The molecule has 164 valence electrons. The first-order valence-electron chi connectivity index (χ1n) is 11.7. The summed E-state index contributed by atoms with van der Waals surface area (Å²) in [6, 6.07) is 16.7. The van der Waals surface area contributed by atoms with Crippen molar-refractivity contribution in [1.82, 2.24) is 0 Å². The lowest BCUT2D eigenvalue weighted by molar-refractivity contribution is 0.663. The molecule has 0 aromatic heterocycles. The molecule has 0 aliphatic heterocycles. The highest BCUT2D eigenvalue weighted by atomic mass is 14.5. The number of hydrogen-bond acceptors (Lipinski definition) is 2. The normalized spacial score (nSPS) is 11.1. The van der Waals surface area contributed by atoms with Gasteiger partial charge in [0.25, 0.3) is 0 Å². The Balaban J connectivity index is 2.02. The highest BCUT2D eigenvalue weighted by molar-refractivity contribution is 5.54. The van der Waals surface area contributed by atoms with Crippen LogP contribution in [0.25, 0.3) is 0 Å². The van der Waals surface area contributed by atoms with E-state index in [1.54, 1.807) is 5.56 Å². The molecule has 0 bridgehead atoms. The minimum atomic E-state index is 0.821. The summed E-state index contributed by atoms with van der Waals surface area (Å²) in [6.07, 6.45) is 8.24. The van der Waals surface area contributed by atoms with Crippen LogP contribution in [0.3, 0.4) is 0 Å². The topological polar surface area (TPSA) is 52.0 Å². The molecule has 0 heterocycles. The van der Waals surface area contributed by atoms with Crippen LogP contribution in [0.15, 0.2) is 48.5 Å². The Bertz CT molecular complexity index is 924. The molecule has 0 amide bonds. The number of anilines is 2. The van der Waals surface area contributed by atoms with E-state index in [0.29, 0.717) is 0 Å². The van der Waals surface area contributed by atoms with E-state index < -0.39 is 0 Å². The second-order valence-corrected chi connectivity index (χ2v) is 8.96. The largest absolute Gasteiger partial charge is 0.399 e. The molecule has 3 aromatic carbocycles. The van der Waals surface area contributed by atoms with Crippen LogP contribution in [0.5, 0.6) is 0 Å². The lowest BCUT2D eigenvalue weighted by Gasteiger charge is -2.23. The zero-order chi connectivity index (χ0) is 22.4. The Morgan fingerprint density at radius 2 is 0.968 bits per heavy atom. The van der Waals surface area contributed by atoms with Crippen LogP contribution in [0.4, 0.5) is 11.4 Å². The summed E-state index contributed by atoms with van der Waals surface area (Å²) in [4.78, 5) is 0. The van der Waals surface area contributed by atoms with Crippen molar-refractivity contribution in [2.24, 2.45) is 0 Å². The zero-order valence-electron chi connectivity index (χ0n) is 19.7. The summed E-state index contributed by atoms with van der Waals surface area (Å²) in [5.74, 6) is 0. The Labute approximate surface area is 188 Å². The van der Waals surface area contributed by atoms with Crippen LogP contribution in [0.1, 0.15) is 77.1 Å². The molecule has 0 aliphatic carbocycles. The fourth-order valence-electron chi connectivity index (χ4n) is 4.70. The molecule has 0 fully saturated rings. The molecule has 4 N–H and O–H groups in total. The summed E-state index contributed by atoms with van der Waals surface area (Å²) < 4.78 is 0. The van der Waals surface area contributed by atoms with Crippen LogP contribution < -0.4 is 11.5 Å². The zero-order valence-corrected chi connectivity index (χ0v) is 19.7. The standard InChI is InChI=1S/C29H38N2/c1-5-6-7-8-9-27-20(2)28(18-23-10-14-25(30)15-11-23)22(4)29(21(27)3)19-24-12-16-26(31)17-13-24/h10-17H,5-9,18-19,30-31H2,1-4H3. The molecule has 0 unspecified atom stereocenters. The lowest BCUT2D eigenvalue weighted by Crippen LogP contribution is -2.09. The second kappa shape index (κ2) is 10.5. The molecule has 0 spiro atoms. The number of hydrogen-bond donors (Lipinski definition) is 2. The Kier molecular flexibility index (Phi) is 7.79. The van der Waals surface area contributed by atoms with Gasteiger partial charge in [-0.3, -0.25) is 0 Å². The molecule has 0 radical (unpaired) electrons. The molecule has 0 saturated heterocycles. The predicted molar refractivity (Wildman–Crippen MR) is 136 cm³/mol. The molecule has 0 atom stereocenters. The number of rotatable bonds is 9. The van der Waals surface area contributed by atoms with Crippen LogP contribution in [-0.2, 0) is 19.3 Å². The monoisotopic (exact) mass is 414 g/mol. The van der Waals surface area contributed by atoms with Crippen LogP contribution in [-0.4, -0.2) is 0 Å². The molecule has 0 aliphatic rings. The first-order chi connectivity index (χ1) is 14.9. The average Bonchev–Trinajstić information content (AvgIpc) is 2.76. The van der Waals surface area contributed by atoms with E-state index in [2.05, 4.69) is 52.0 Å². The van der Waals surface area contributed by atoms with Crippen molar-refractivity contribution in [3.8, 4) is 0 Å². The molecular weight excluding hydrogens is 376 g/mol. The minimum Gasteiger partial charge on any atom is -0.399 e. The first kappa shape index (κ1) is 22.9. The molecule has 3 aromatic rings. The van der Waals surface area contributed by atoms with Gasteiger partial charge in [0.2, 0.25) is 0 Å². The molecule has 3 rings (SSSR count). The van der Waals surface area contributed by atoms with Crippen molar-refractivity contribution in [2.45, 2.75) is 72.6 Å². The predicted octanol–water partition coefficient (Wildman–Crippen LogP) is 7.08. The van der Waals surface area contributed by atoms with Gasteiger partial charge < -0.3 is 11.5 Å². The van der Waals surface area contributed by atoms with Gasteiger partial charge in [0.05, 0.1) is 0 Å². The highest BCUT2D eigenvalue weighted by Gasteiger charge is 2.17. The minimum absolute atomic E-state index is 0.821. The lowest BCUT2D eigenvalue weighted by atomic mass is 9.82. The van der Waals surface area contributed by atoms with Gasteiger partial charge in [-0.05, 0) is 115 Å². The van der Waals surface area contributed by atoms with Crippen molar-refractivity contribution in [3.63, 3.8) is 0 Å². The molecule has 2 nitrogen and oxygen atoms in total. The van der Waals surface area contributed by atoms with Crippen molar-refractivity contribution >= 4 is 11.4 Å². The molecular formula is C29H38N2. The summed E-state index contributed by atoms with van der Waals surface area (Å²) >= 11 is 0. The summed E-state index contributed by atoms with van der Waals surface area (Å²) in [6.45, 7) is 9.24. The van der Waals surface area contributed by atoms with E-state index >= 15 is 0 Å². The summed E-state index contributed by atoms with van der Waals surface area (Å²) in [5.41, 5.74) is 25.0. The van der Waals surface area contributed by atoms with E-state index in [1.165, 1.54) is 71.0 Å². The Hall–Kier alpha value is -2.74. The van der Waals surface area contributed by atoms with E-state index in [0.717, 1.165) is 24.2 Å². The first-order valence-corrected chi connectivity index (χ1v) is 11.7. The number of benzene rings is 3. The van der Waals surface area contributed by atoms with Gasteiger partial charge in [-0.15, -0.1) is 0 Å². The van der Waals surface area contributed by atoms with E-state index in [1.807, 2.05) is 24.3 Å². The van der Waals surface area contributed by atoms with E-state index in [4.69, 9.17) is 11.5 Å². The van der Waals surface area contributed by atoms with Crippen molar-refractivity contribution in [1.29, 1.82) is 0 Å². The van der Waals surface area contributed by atoms with Crippen molar-refractivity contribution < 1.29 is 0 Å². The Morgan fingerprint density at radius 1 is 0.548 bits per heavy atom. The van der Waals surface area contributed by atoms with E-state index in [-0.39, 0.29) is 0 Å². The third kappa shape index (κ3) is 5.70. The quantitative estimate of drug-likeness (QED) is 0.290. The van der Waals surface area contributed by atoms with Gasteiger partial charge in [-0.1, -0.05) is 50.5 Å². The van der Waals surface area contributed by atoms with E-state index in [9.17, 15) is 0 Å². The average molecular weight is 415 g/mol. The SMILES string of the molecule is CCCCCCc1c(C)c(Cc2ccc(N)cc2)c(C)c(Cc2ccc(N)cc2)c1C. The van der Waals surface area contributed by atoms with Gasteiger partial charge in [-0.25, -0.2) is 0 Å². The van der Waals surface area contributed by atoms with Gasteiger partial charge in [0, 0.05) is 11.4 Å². The van der Waals surface area contributed by atoms with Gasteiger partial charge >= 0.3 is 0 Å². The number of nitrogen functional groups attached to an aromatic ring is 2. The molecule has 31 heavy (non-hydrogen) atoms. The van der Waals surface area contributed by atoms with Crippen molar-refractivity contribution in [2.75, 3.05) is 11.5 Å². The smallest absolute Gasteiger partial charge is 0.0314 e. The maximum absolute atomic E-state index is 5.92. The summed E-state index contributed by atoms with van der Waals surface area (Å²) in [5, 5.41) is 0. The highest BCUT2D eigenvalue weighted by Crippen LogP contribution is 2.32. The Morgan fingerprint density at radius 3 is 1.39 bits per heavy atom. The maximum Gasteiger partial charge on any atom is 0.0314 e. The van der Waals surface area contributed by atoms with Crippen LogP contribution >= 0.6 is 0 Å². The second-order valence-electron chi connectivity index (χ2n) is 8.96. The van der Waals surface area contributed by atoms with Crippen molar-refractivity contribution in [3.05, 3.63) is 93.0 Å².